The van der Waals surface area contributed by atoms with E-state index in [9.17, 15) is 9.90 Å². The Morgan fingerprint density at radius 3 is 2.54 bits per heavy atom. The van der Waals surface area contributed by atoms with E-state index in [1.165, 1.54) is 0 Å². The van der Waals surface area contributed by atoms with Crippen LogP contribution in [0.2, 0.25) is 5.02 Å². The minimum Gasteiger partial charge on any atom is -0.387 e. The molecule has 6 heteroatoms. The highest BCUT2D eigenvalue weighted by Crippen LogP contribution is 2.19. The van der Waals surface area contributed by atoms with Crippen molar-refractivity contribution in [2.24, 2.45) is 0 Å². The molecule has 3 rings (SSSR count). The molecule has 1 unspecified atom stereocenters. The molecular formula is C18H20ClN3O2. The molecule has 1 aliphatic rings. The molecule has 2 aromatic rings. The molecule has 0 spiro atoms. The summed E-state index contributed by atoms with van der Waals surface area (Å²) in [5.41, 5.74) is 1.48. The van der Waals surface area contributed by atoms with Crippen LogP contribution in [0, 0.1) is 0 Å². The molecular weight excluding hydrogens is 326 g/mol. The molecule has 0 saturated carbocycles. The number of carbonyl (C=O) groups is 1. The lowest BCUT2D eigenvalue weighted by Crippen LogP contribution is -2.49. The summed E-state index contributed by atoms with van der Waals surface area (Å²) in [4.78, 5) is 20.4. The molecule has 126 valence electrons. The third-order valence-corrected chi connectivity index (χ3v) is 4.49. The molecule has 0 bridgehead atoms. The maximum atomic E-state index is 12.4. The van der Waals surface area contributed by atoms with Crippen LogP contribution in [0.1, 0.15) is 22.0 Å². The average molecular weight is 346 g/mol. The largest absolute Gasteiger partial charge is 0.387 e. The summed E-state index contributed by atoms with van der Waals surface area (Å²) in [5.74, 6) is 0.0347. The summed E-state index contributed by atoms with van der Waals surface area (Å²) in [6.07, 6.45) is 2.68. The van der Waals surface area contributed by atoms with E-state index < -0.39 is 6.10 Å². The zero-order valence-corrected chi connectivity index (χ0v) is 14.1. The van der Waals surface area contributed by atoms with Crippen molar-refractivity contribution in [3.63, 3.8) is 0 Å². The van der Waals surface area contributed by atoms with E-state index in [2.05, 4.69) is 9.88 Å². The quantitative estimate of drug-likeness (QED) is 0.923. The van der Waals surface area contributed by atoms with Gasteiger partial charge in [0.25, 0.3) is 5.91 Å². The van der Waals surface area contributed by atoms with Crippen molar-refractivity contribution in [2.45, 2.75) is 6.10 Å². The Morgan fingerprint density at radius 2 is 1.88 bits per heavy atom. The lowest BCUT2D eigenvalue weighted by Gasteiger charge is -2.35. The van der Waals surface area contributed by atoms with Crippen LogP contribution >= 0.6 is 11.6 Å². The molecule has 1 aromatic carbocycles. The number of β-amino-alcohol motifs (C(OH)–C–C–N with tert-alkyl or cyclic N) is 1. The molecule has 1 aromatic heterocycles. The van der Waals surface area contributed by atoms with Crippen LogP contribution in [0.15, 0.2) is 48.8 Å². The first-order chi connectivity index (χ1) is 11.6. The number of aliphatic hydroxyl groups excluding tert-OH is 1. The maximum Gasteiger partial charge on any atom is 0.254 e. The van der Waals surface area contributed by atoms with E-state index in [-0.39, 0.29) is 5.91 Å². The van der Waals surface area contributed by atoms with Gasteiger partial charge in [-0.05, 0) is 29.8 Å². The fourth-order valence-corrected chi connectivity index (χ4v) is 3.07. The Labute approximate surface area is 146 Å². The van der Waals surface area contributed by atoms with Crippen LogP contribution in [0.5, 0.6) is 0 Å². The van der Waals surface area contributed by atoms with Crippen LogP contribution in [0.3, 0.4) is 0 Å². The normalized spacial score (nSPS) is 16.8. The number of aliphatic hydroxyl groups is 1. The monoisotopic (exact) mass is 345 g/mol. The summed E-state index contributed by atoms with van der Waals surface area (Å²) in [6, 6.07) is 10.8. The maximum absolute atomic E-state index is 12.4. The van der Waals surface area contributed by atoms with E-state index in [1.807, 2.05) is 17.0 Å². The van der Waals surface area contributed by atoms with Crippen molar-refractivity contribution in [2.75, 3.05) is 32.7 Å². The third kappa shape index (κ3) is 4.12. The zero-order valence-electron chi connectivity index (χ0n) is 13.3. The number of piperazine rings is 1. The summed E-state index contributed by atoms with van der Waals surface area (Å²) in [6.45, 7) is 3.34. The topological polar surface area (TPSA) is 56.7 Å². The Bertz CT molecular complexity index is 688. The van der Waals surface area contributed by atoms with Crippen molar-refractivity contribution in [1.82, 2.24) is 14.8 Å². The van der Waals surface area contributed by atoms with Gasteiger partial charge < -0.3 is 10.0 Å². The highest BCUT2D eigenvalue weighted by Gasteiger charge is 2.23. The SMILES string of the molecule is O=C(c1ccncc1)N1CCN(CC(O)c2cccc(Cl)c2)CC1. The number of hydrogen-bond donors (Lipinski definition) is 1. The summed E-state index contributed by atoms with van der Waals surface area (Å²) < 4.78 is 0. The molecule has 1 amide bonds. The molecule has 1 aliphatic heterocycles. The van der Waals surface area contributed by atoms with Crippen LogP contribution in [-0.4, -0.2) is 58.5 Å². The number of pyridine rings is 1. The third-order valence-electron chi connectivity index (χ3n) is 4.25. The Balaban J connectivity index is 1.53. The molecule has 0 aliphatic carbocycles. The predicted octanol–water partition coefficient (Wildman–Crippen LogP) is 2.23. The second kappa shape index (κ2) is 7.75. The van der Waals surface area contributed by atoms with E-state index in [1.54, 1.807) is 36.7 Å². The Kier molecular flexibility index (Phi) is 5.45. The molecule has 24 heavy (non-hydrogen) atoms. The van der Waals surface area contributed by atoms with Crippen molar-refractivity contribution >= 4 is 17.5 Å². The standard InChI is InChI=1S/C18H20ClN3O2/c19-16-3-1-2-15(12-16)17(23)13-21-8-10-22(11-9-21)18(24)14-4-6-20-7-5-14/h1-7,12,17,23H,8-11,13H2. The van der Waals surface area contributed by atoms with Gasteiger partial charge in [-0.3, -0.25) is 14.7 Å². The molecule has 0 radical (unpaired) electrons. The van der Waals surface area contributed by atoms with Crippen LogP contribution in [-0.2, 0) is 0 Å². The number of amides is 1. The van der Waals surface area contributed by atoms with Gasteiger partial charge in [-0.25, -0.2) is 0 Å². The molecule has 1 atom stereocenters. The van der Waals surface area contributed by atoms with Crippen molar-refractivity contribution in [3.05, 3.63) is 64.9 Å². The van der Waals surface area contributed by atoms with Crippen molar-refractivity contribution in [3.8, 4) is 0 Å². The van der Waals surface area contributed by atoms with Crippen molar-refractivity contribution in [1.29, 1.82) is 0 Å². The van der Waals surface area contributed by atoms with Gasteiger partial charge in [0.15, 0.2) is 0 Å². The van der Waals surface area contributed by atoms with Crippen LogP contribution < -0.4 is 0 Å². The molecule has 1 N–H and O–H groups in total. The highest BCUT2D eigenvalue weighted by molar-refractivity contribution is 6.30. The number of halogens is 1. The van der Waals surface area contributed by atoms with Gasteiger partial charge in [-0.15, -0.1) is 0 Å². The van der Waals surface area contributed by atoms with Gasteiger partial charge in [0.05, 0.1) is 6.10 Å². The predicted molar refractivity (Wildman–Crippen MR) is 93.0 cm³/mol. The van der Waals surface area contributed by atoms with Crippen molar-refractivity contribution < 1.29 is 9.90 Å². The number of benzene rings is 1. The van der Waals surface area contributed by atoms with Gasteiger partial charge in [0.1, 0.15) is 0 Å². The summed E-state index contributed by atoms with van der Waals surface area (Å²) in [5, 5.41) is 11.0. The fraction of sp³-hybridized carbons (Fsp3) is 0.333. The number of nitrogens with zero attached hydrogens (tertiary/aromatic N) is 3. The molecule has 5 nitrogen and oxygen atoms in total. The van der Waals surface area contributed by atoms with Gasteiger partial charge >= 0.3 is 0 Å². The van der Waals surface area contributed by atoms with Gasteiger partial charge in [0.2, 0.25) is 0 Å². The summed E-state index contributed by atoms with van der Waals surface area (Å²) in [7, 11) is 0. The number of aromatic nitrogens is 1. The first-order valence-electron chi connectivity index (χ1n) is 7.98. The minimum absolute atomic E-state index is 0.0347. The highest BCUT2D eigenvalue weighted by atomic mass is 35.5. The first kappa shape index (κ1) is 16.9. The first-order valence-corrected chi connectivity index (χ1v) is 8.36. The van der Waals surface area contributed by atoms with Gasteiger partial charge in [-0.2, -0.15) is 0 Å². The molecule has 1 saturated heterocycles. The van der Waals surface area contributed by atoms with Gasteiger partial charge in [0, 0.05) is 55.7 Å². The fourth-order valence-electron chi connectivity index (χ4n) is 2.87. The van der Waals surface area contributed by atoms with Gasteiger partial charge in [-0.1, -0.05) is 23.7 Å². The smallest absolute Gasteiger partial charge is 0.254 e. The zero-order chi connectivity index (χ0) is 16.9. The lowest BCUT2D eigenvalue weighted by atomic mass is 10.1. The van der Waals surface area contributed by atoms with E-state index >= 15 is 0 Å². The second-order valence-electron chi connectivity index (χ2n) is 5.90. The summed E-state index contributed by atoms with van der Waals surface area (Å²) >= 11 is 5.97. The van der Waals surface area contributed by atoms with Crippen LogP contribution in [0.4, 0.5) is 0 Å². The number of rotatable bonds is 4. The van der Waals surface area contributed by atoms with E-state index in [4.69, 9.17) is 11.6 Å². The average Bonchev–Trinajstić information content (AvgIpc) is 2.62. The lowest BCUT2D eigenvalue weighted by molar-refractivity contribution is 0.0527. The Morgan fingerprint density at radius 1 is 1.17 bits per heavy atom. The molecule has 1 fully saturated rings. The van der Waals surface area contributed by atoms with E-state index in [0.29, 0.717) is 30.2 Å². The Hall–Kier alpha value is -1.95. The molecule has 2 heterocycles. The number of hydrogen-bond acceptors (Lipinski definition) is 4. The second-order valence-corrected chi connectivity index (χ2v) is 6.34. The van der Waals surface area contributed by atoms with Crippen LogP contribution in [0.25, 0.3) is 0 Å². The number of carbonyl (C=O) groups excluding carboxylic acids is 1. The van der Waals surface area contributed by atoms with E-state index in [0.717, 1.165) is 18.7 Å². The minimum atomic E-state index is -0.578.